The summed E-state index contributed by atoms with van der Waals surface area (Å²) in [6.45, 7) is 2.70. The largest absolute Gasteiger partial charge is 0.374 e. The lowest BCUT2D eigenvalue weighted by Gasteiger charge is -2.24. The summed E-state index contributed by atoms with van der Waals surface area (Å²) in [5.74, 6) is 0.763. The molecule has 2 aliphatic rings. The van der Waals surface area contributed by atoms with Crippen LogP contribution in [0.4, 0.5) is 0 Å². The normalized spacial score (nSPS) is 21.1. The van der Waals surface area contributed by atoms with E-state index in [-0.39, 0.29) is 12.0 Å². The molecule has 0 N–H and O–H groups in total. The van der Waals surface area contributed by atoms with Crippen LogP contribution in [0, 0.1) is 5.92 Å². The second-order valence-corrected chi connectivity index (χ2v) is 6.59. The maximum absolute atomic E-state index is 12.9. The lowest BCUT2D eigenvalue weighted by Crippen LogP contribution is -2.38. The minimum Gasteiger partial charge on any atom is -0.374 e. The third-order valence-corrected chi connectivity index (χ3v) is 4.67. The van der Waals surface area contributed by atoms with E-state index in [9.17, 15) is 4.79 Å². The van der Waals surface area contributed by atoms with Gasteiger partial charge in [-0.25, -0.2) is 0 Å². The molecule has 0 saturated heterocycles. The van der Waals surface area contributed by atoms with Crippen molar-refractivity contribution in [3.63, 3.8) is 0 Å². The molecule has 0 aromatic carbocycles. The van der Waals surface area contributed by atoms with E-state index >= 15 is 0 Å². The van der Waals surface area contributed by atoms with Gasteiger partial charge in [-0.3, -0.25) is 9.48 Å². The van der Waals surface area contributed by atoms with Crippen LogP contribution in [0.15, 0.2) is 30.6 Å². The number of rotatable bonds is 4. The van der Waals surface area contributed by atoms with Crippen molar-refractivity contribution in [2.75, 3.05) is 13.2 Å². The molecule has 6 heteroatoms. The third-order valence-electron chi connectivity index (χ3n) is 4.67. The van der Waals surface area contributed by atoms with E-state index in [0.29, 0.717) is 31.2 Å². The minimum atomic E-state index is 0.000897. The van der Waals surface area contributed by atoms with Crippen molar-refractivity contribution >= 4 is 5.91 Å². The van der Waals surface area contributed by atoms with Crippen molar-refractivity contribution in [2.24, 2.45) is 13.0 Å². The number of amides is 1. The Labute approximate surface area is 135 Å². The number of nitrogens with zero attached hydrogens (tertiary/aromatic N) is 4. The first-order valence-electron chi connectivity index (χ1n) is 8.23. The summed E-state index contributed by atoms with van der Waals surface area (Å²) < 4.78 is 9.91. The maximum Gasteiger partial charge on any atom is 0.270 e. The van der Waals surface area contributed by atoms with Gasteiger partial charge in [0, 0.05) is 32.6 Å². The van der Waals surface area contributed by atoms with Crippen LogP contribution >= 0.6 is 0 Å². The average molecular weight is 314 g/mol. The number of hydrogen-bond acceptors (Lipinski definition) is 3. The molecule has 0 spiro atoms. The number of fused-ring (bicyclic) bond motifs is 1. The molecule has 1 atom stereocenters. The predicted molar refractivity (Wildman–Crippen MR) is 84.8 cm³/mol. The smallest absolute Gasteiger partial charge is 0.270 e. The second-order valence-electron chi connectivity index (χ2n) is 6.59. The SMILES string of the molecule is Cn1cccc1C(=O)N1Cc2ccnn2C[C@@H](OCC2CC2)C1. The van der Waals surface area contributed by atoms with Crippen LogP contribution in [0.1, 0.15) is 29.0 Å². The van der Waals surface area contributed by atoms with Crippen LogP contribution in [0.5, 0.6) is 0 Å². The molecule has 23 heavy (non-hydrogen) atoms. The number of aryl methyl sites for hydroxylation is 1. The Morgan fingerprint density at radius 3 is 2.96 bits per heavy atom. The van der Waals surface area contributed by atoms with Gasteiger partial charge in [-0.2, -0.15) is 5.10 Å². The van der Waals surface area contributed by atoms with Gasteiger partial charge in [-0.15, -0.1) is 0 Å². The molecule has 2 aromatic rings. The molecule has 1 aliphatic heterocycles. The highest BCUT2D eigenvalue weighted by Gasteiger charge is 2.29. The van der Waals surface area contributed by atoms with E-state index in [2.05, 4.69) is 5.10 Å². The van der Waals surface area contributed by atoms with Gasteiger partial charge in [-0.1, -0.05) is 0 Å². The highest BCUT2D eigenvalue weighted by atomic mass is 16.5. The molecule has 6 nitrogen and oxygen atoms in total. The molecule has 122 valence electrons. The van der Waals surface area contributed by atoms with Crippen molar-refractivity contribution in [2.45, 2.75) is 32.0 Å². The third kappa shape index (κ3) is 3.03. The summed E-state index contributed by atoms with van der Waals surface area (Å²) in [4.78, 5) is 14.8. The zero-order valence-electron chi connectivity index (χ0n) is 13.4. The van der Waals surface area contributed by atoms with E-state index in [1.807, 2.05) is 45.6 Å². The van der Waals surface area contributed by atoms with Crippen molar-refractivity contribution < 1.29 is 9.53 Å². The Bertz CT molecular complexity index is 701. The summed E-state index contributed by atoms with van der Waals surface area (Å²) in [6.07, 6.45) is 6.23. The van der Waals surface area contributed by atoms with Crippen molar-refractivity contribution in [1.29, 1.82) is 0 Å². The number of carbonyl (C=O) groups is 1. The van der Waals surface area contributed by atoms with E-state index in [4.69, 9.17) is 4.74 Å². The number of carbonyl (C=O) groups excluding carboxylic acids is 1. The summed E-state index contributed by atoms with van der Waals surface area (Å²) in [5, 5.41) is 4.38. The molecule has 1 amide bonds. The standard InChI is InChI=1S/C17H22N4O2/c1-19-8-2-3-16(19)17(22)20-9-14-6-7-18-21(14)11-15(10-20)23-12-13-4-5-13/h2-3,6-8,13,15H,4-5,9-12H2,1H3/t15-/m0/s1. The minimum absolute atomic E-state index is 0.000897. The van der Waals surface area contributed by atoms with Gasteiger partial charge < -0.3 is 14.2 Å². The van der Waals surface area contributed by atoms with Crippen molar-refractivity contribution in [1.82, 2.24) is 19.2 Å². The van der Waals surface area contributed by atoms with Crippen LogP contribution < -0.4 is 0 Å². The van der Waals surface area contributed by atoms with Crippen LogP contribution in [0.3, 0.4) is 0 Å². The first-order chi connectivity index (χ1) is 11.2. The fourth-order valence-corrected chi connectivity index (χ4v) is 3.08. The first kappa shape index (κ1) is 14.5. The van der Waals surface area contributed by atoms with E-state index in [1.165, 1.54) is 12.8 Å². The van der Waals surface area contributed by atoms with Gasteiger partial charge in [0.15, 0.2) is 0 Å². The zero-order valence-corrected chi connectivity index (χ0v) is 13.4. The molecule has 0 unspecified atom stereocenters. The lowest BCUT2D eigenvalue weighted by molar-refractivity contribution is 0.0134. The Hall–Kier alpha value is -2.08. The predicted octanol–water partition coefficient (Wildman–Crippen LogP) is 1.67. The molecule has 1 aliphatic carbocycles. The molecule has 1 fully saturated rings. The van der Waals surface area contributed by atoms with Gasteiger partial charge in [0.05, 0.1) is 24.9 Å². The van der Waals surface area contributed by atoms with E-state index in [1.54, 1.807) is 6.20 Å². The molecule has 3 heterocycles. The van der Waals surface area contributed by atoms with Gasteiger partial charge in [0.1, 0.15) is 5.69 Å². The monoisotopic (exact) mass is 314 g/mol. The Morgan fingerprint density at radius 2 is 2.22 bits per heavy atom. The zero-order chi connectivity index (χ0) is 15.8. The average Bonchev–Trinajstić information content (AvgIpc) is 3.18. The number of ether oxygens (including phenoxy) is 1. The Kier molecular flexibility index (Phi) is 3.69. The summed E-state index contributed by atoms with van der Waals surface area (Å²) in [6, 6.07) is 5.75. The quantitative estimate of drug-likeness (QED) is 0.862. The molecule has 1 saturated carbocycles. The van der Waals surface area contributed by atoms with E-state index in [0.717, 1.165) is 12.3 Å². The number of hydrogen-bond donors (Lipinski definition) is 0. The fraction of sp³-hybridized carbons (Fsp3) is 0.529. The Morgan fingerprint density at radius 1 is 1.35 bits per heavy atom. The second kappa shape index (κ2) is 5.85. The topological polar surface area (TPSA) is 52.3 Å². The molecule has 0 bridgehead atoms. The highest BCUT2D eigenvalue weighted by molar-refractivity contribution is 5.92. The first-order valence-corrected chi connectivity index (χ1v) is 8.23. The molecule has 4 rings (SSSR count). The lowest BCUT2D eigenvalue weighted by atomic mass is 10.2. The van der Waals surface area contributed by atoms with Gasteiger partial charge in [0.2, 0.25) is 0 Å². The molecule has 2 aromatic heterocycles. The summed E-state index contributed by atoms with van der Waals surface area (Å²) in [5.41, 5.74) is 1.77. The Balaban J connectivity index is 1.55. The van der Waals surface area contributed by atoms with Gasteiger partial charge >= 0.3 is 0 Å². The maximum atomic E-state index is 12.9. The molecular formula is C17H22N4O2. The summed E-state index contributed by atoms with van der Waals surface area (Å²) in [7, 11) is 1.90. The van der Waals surface area contributed by atoms with Gasteiger partial charge in [0.25, 0.3) is 5.91 Å². The van der Waals surface area contributed by atoms with Crippen LogP contribution in [0.25, 0.3) is 0 Å². The van der Waals surface area contributed by atoms with Crippen molar-refractivity contribution in [3.05, 3.63) is 42.0 Å². The highest BCUT2D eigenvalue weighted by Crippen LogP contribution is 2.29. The molecule has 0 radical (unpaired) electrons. The van der Waals surface area contributed by atoms with Crippen molar-refractivity contribution in [3.8, 4) is 0 Å². The number of aromatic nitrogens is 3. The van der Waals surface area contributed by atoms with Crippen LogP contribution in [-0.4, -0.2) is 44.4 Å². The molecular weight excluding hydrogens is 292 g/mol. The fourth-order valence-electron chi connectivity index (χ4n) is 3.08. The summed E-state index contributed by atoms with van der Waals surface area (Å²) >= 11 is 0. The van der Waals surface area contributed by atoms with Gasteiger partial charge in [-0.05, 0) is 37.0 Å². The van der Waals surface area contributed by atoms with Crippen LogP contribution in [0.2, 0.25) is 0 Å². The van der Waals surface area contributed by atoms with Crippen LogP contribution in [-0.2, 0) is 24.9 Å². The van der Waals surface area contributed by atoms with E-state index < -0.39 is 0 Å².